The topological polar surface area (TPSA) is 62.1 Å². The van der Waals surface area contributed by atoms with Gasteiger partial charge in [0.2, 0.25) is 0 Å². The second-order valence-electron chi connectivity index (χ2n) is 6.09. The van der Waals surface area contributed by atoms with Crippen molar-refractivity contribution in [2.24, 2.45) is 0 Å². The number of nitriles is 1. The van der Waals surface area contributed by atoms with E-state index >= 15 is 0 Å². The molecule has 0 heterocycles. The highest BCUT2D eigenvalue weighted by Gasteiger charge is 2.11. The number of rotatable bonds is 6. The molecule has 144 valence electrons. The summed E-state index contributed by atoms with van der Waals surface area (Å²) in [4.78, 5) is 12.4. The predicted molar refractivity (Wildman–Crippen MR) is 111 cm³/mol. The Morgan fingerprint density at radius 3 is 2.59 bits per heavy atom. The molecule has 0 saturated carbocycles. The first-order valence-electron chi connectivity index (χ1n) is 8.70. The molecule has 29 heavy (non-hydrogen) atoms. The first-order valence-corrected chi connectivity index (χ1v) is 9.08. The number of nitrogens with zero attached hydrogens (tertiary/aromatic N) is 1. The number of para-hydroxylation sites is 1. The SMILES string of the molecule is N#C/C(=C\c1ccccc1OCc1cccc(F)c1)C(=O)Nc1ccc(Cl)cc1. The van der Waals surface area contributed by atoms with Gasteiger partial charge in [-0.25, -0.2) is 4.39 Å². The van der Waals surface area contributed by atoms with Crippen LogP contribution in [0.3, 0.4) is 0 Å². The van der Waals surface area contributed by atoms with E-state index in [9.17, 15) is 14.4 Å². The van der Waals surface area contributed by atoms with E-state index < -0.39 is 5.91 Å². The minimum atomic E-state index is -0.547. The molecule has 0 unspecified atom stereocenters. The molecule has 0 fully saturated rings. The lowest BCUT2D eigenvalue weighted by Gasteiger charge is -2.10. The number of carbonyl (C=O) groups is 1. The van der Waals surface area contributed by atoms with E-state index in [0.29, 0.717) is 27.6 Å². The van der Waals surface area contributed by atoms with Crippen LogP contribution >= 0.6 is 11.6 Å². The van der Waals surface area contributed by atoms with E-state index in [1.807, 2.05) is 6.07 Å². The first-order chi connectivity index (χ1) is 14.0. The van der Waals surface area contributed by atoms with E-state index in [0.717, 1.165) is 0 Å². The lowest BCUT2D eigenvalue weighted by atomic mass is 10.1. The number of hydrogen-bond acceptors (Lipinski definition) is 3. The van der Waals surface area contributed by atoms with Crippen LogP contribution in [0.4, 0.5) is 10.1 Å². The third-order valence-corrected chi connectivity index (χ3v) is 4.22. The van der Waals surface area contributed by atoms with Gasteiger partial charge in [-0.2, -0.15) is 5.26 Å². The third kappa shape index (κ3) is 5.68. The molecule has 1 amide bonds. The Morgan fingerprint density at radius 2 is 1.86 bits per heavy atom. The van der Waals surface area contributed by atoms with Crippen molar-refractivity contribution >= 4 is 29.3 Å². The number of nitrogens with one attached hydrogen (secondary N) is 1. The van der Waals surface area contributed by atoms with E-state index in [1.54, 1.807) is 60.7 Å². The van der Waals surface area contributed by atoms with Crippen molar-refractivity contribution in [2.45, 2.75) is 6.61 Å². The van der Waals surface area contributed by atoms with Crippen LogP contribution in [-0.2, 0) is 11.4 Å². The molecule has 3 aromatic rings. The van der Waals surface area contributed by atoms with Gasteiger partial charge in [0, 0.05) is 16.3 Å². The maximum Gasteiger partial charge on any atom is 0.266 e. The quantitative estimate of drug-likeness (QED) is 0.428. The molecule has 1 N–H and O–H groups in total. The van der Waals surface area contributed by atoms with Crippen molar-refractivity contribution in [1.29, 1.82) is 5.26 Å². The number of halogens is 2. The van der Waals surface area contributed by atoms with Crippen LogP contribution in [0.5, 0.6) is 5.75 Å². The molecule has 3 rings (SSSR count). The van der Waals surface area contributed by atoms with E-state index in [2.05, 4.69) is 5.32 Å². The Kier molecular flexibility index (Phi) is 6.62. The van der Waals surface area contributed by atoms with Gasteiger partial charge >= 0.3 is 0 Å². The van der Waals surface area contributed by atoms with Crippen molar-refractivity contribution in [1.82, 2.24) is 0 Å². The fourth-order valence-electron chi connectivity index (χ4n) is 2.55. The van der Waals surface area contributed by atoms with E-state index in [4.69, 9.17) is 16.3 Å². The van der Waals surface area contributed by atoms with Crippen molar-refractivity contribution in [3.05, 3.63) is 100 Å². The van der Waals surface area contributed by atoms with Crippen LogP contribution in [0.15, 0.2) is 78.4 Å². The normalized spacial score (nSPS) is 10.9. The van der Waals surface area contributed by atoms with Gasteiger partial charge in [-0.3, -0.25) is 4.79 Å². The van der Waals surface area contributed by atoms with Crippen molar-refractivity contribution in [3.8, 4) is 11.8 Å². The number of carbonyl (C=O) groups excluding carboxylic acids is 1. The minimum absolute atomic E-state index is 0.0817. The lowest BCUT2D eigenvalue weighted by Crippen LogP contribution is -2.13. The second-order valence-corrected chi connectivity index (χ2v) is 6.52. The Bertz CT molecular complexity index is 1090. The Morgan fingerprint density at radius 1 is 1.10 bits per heavy atom. The summed E-state index contributed by atoms with van der Waals surface area (Å²) in [5, 5.41) is 12.6. The predicted octanol–water partition coefficient (Wildman–Crippen LogP) is 5.60. The molecule has 0 aromatic heterocycles. The van der Waals surface area contributed by atoms with E-state index in [1.165, 1.54) is 18.2 Å². The van der Waals surface area contributed by atoms with Gasteiger partial charge in [0.25, 0.3) is 5.91 Å². The molecule has 3 aromatic carbocycles. The molecule has 0 bridgehead atoms. The maximum atomic E-state index is 13.3. The summed E-state index contributed by atoms with van der Waals surface area (Å²) in [7, 11) is 0. The van der Waals surface area contributed by atoms with Crippen LogP contribution in [0, 0.1) is 17.1 Å². The van der Waals surface area contributed by atoms with Crippen LogP contribution in [-0.4, -0.2) is 5.91 Å². The van der Waals surface area contributed by atoms with E-state index in [-0.39, 0.29) is 18.0 Å². The molecule has 0 aliphatic rings. The molecule has 0 aliphatic carbocycles. The average Bonchev–Trinajstić information content (AvgIpc) is 2.73. The monoisotopic (exact) mass is 406 g/mol. The molecule has 0 atom stereocenters. The average molecular weight is 407 g/mol. The molecule has 0 spiro atoms. The summed E-state index contributed by atoms with van der Waals surface area (Å²) in [5.41, 5.74) is 1.68. The number of benzene rings is 3. The molecule has 4 nitrogen and oxygen atoms in total. The fourth-order valence-corrected chi connectivity index (χ4v) is 2.68. The zero-order chi connectivity index (χ0) is 20.6. The molecule has 0 aliphatic heterocycles. The molecular formula is C23H16ClFN2O2. The van der Waals surface area contributed by atoms with Crippen LogP contribution in [0.25, 0.3) is 6.08 Å². The summed E-state index contributed by atoms with van der Waals surface area (Å²) in [5.74, 6) is -0.413. The van der Waals surface area contributed by atoms with Gasteiger partial charge in [-0.1, -0.05) is 41.9 Å². The summed E-state index contributed by atoms with van der Waals surface area (Å²) >= 11 is 5.83. The van der Waals surface area contributed by atoms with Crippen molar-refractivity contribution < 1.29 is 13.9 Å². The number of hydrogen-bond donors (Lipinski definition) is 1. The van der Waals surface area contributed by atoms with Gasteiger partial charge in [-0.15, -0.1) is 0 Å². The largest absolute Gasteiger partial charge is 0.488 e. The van der Waals surface area contributed by atoms with Gasteiger partial charge in [0.05, 0.1) is 0 Å². The standard InChI is InChI=1S/C23H16ClFN2O2/c24-19-8-10-21(11-9-19)27-23(28)18(14-26)13-17-5-1-2-7-22(17)29-15-16-4-3-6-20(25)12-16/h1-13H,15H2,(H,27,28)/b18-13+. The van der Waals surface area contributed by atoms with Crippen molar-refractivity contribution in [2.75, 3.05) is 5.32 Å². The highest BCUT2D eigenvalue weighted by atomic mass is 35.5. The van der Waals surface area contributed by atoms with Crippen LogP contribution in [0.1, 0.15) is 11.1 Å². The smallest absolute Gasteiger partial charge is 0.266 e. The first kappa shape index (κ1) is 20.1. The molecular weight excluding hydrogens is 391 g/mol. The maximum absolute atomic E-state index is 13.3. The molecule has 0 radical (unpaired) electrons. The van der Waals surface area contributed by atoms with Gasteiger partial charge in [0.1, 0.15) is 29.8 Å². The zero-order valence-corrected chi connectivity index (χ0v) is 16.0. The van der Waals surface area contributed by atoms with Gasteiger partial charge in [-0.05, 0) is 54.1 Å². The summed E-state index contributed by atoms with van der Waals surface area (Å²) in [6, 6.07) is 21.6. The summed E-state index contributed by atoms with van der Waals surface area (Å²) in [6.07, 6.45) is 1.45. The fraction of sp³-hybridized carbons (Fsp3) is 0.0435. The van der Waals surface area contributed by atoms with Gasteiger partial charge in [0.15, 0.2) is 0 Å². The van der Waals surface area contributed by atoms with Gasteiger partial charge < -0.3 is 10.1 Å². The molecule has 0 saturated heterocycles. The summed E-state index contributed by atoms with van der Waals surface area (Å²) < 4.78 is 19.1. The number of ether oxygens (including phenoxy) is 1. The second kappa shape index (κ2) is 9.54. The Balaban J connectivity index is 1.77. The van der Waals surface area contributed by atoms with Crippen LogP contribution < -0.4 is 10.1 Å². The lowest BCUT2D eigenvalue weighted by molar-refractivity contribution is -0.112. The number of amides is 1. The minimum Gasteiger partial charge on any atom is -0.488 e. The highest BCUT2D eigenvalue weighted by Crippen LogP contribution is 2.23. The van der Waals surface area contributed by atoms with Crippen molar-refractivity contribution in [3.63, 3.8) is 0 Å². The Hall–Kier alpha value is -3.62. The highest BCUT2D eigenvalue weighted by molar-refractivity contribution is 6.30. The zero-order valence-electron chi connectivity index (χ0n) is 15.2. The molecule has 6 heteroatoms. The third-order valence-electron chi connectivity index (χ3n) is 3.97. The number of anilines is 1. The Labute approximate surface area is 172 Å². The summed E-state index contributed by atoms with van der Waals surface area (Å²) in [6.45, 7) is 0.154. The van der Waals surface area contributed by atoms with Crippen LogP contribution in [0.2, 0.25) is 5.02 Å².